The maximum absolute atomic E-state index is 12.5. The van der Waals surface area contributed by atoms with Crippen LogP contribution in [-0.4, -0.2) is 25.0 Å². The zero-order valence-electron chi connectivity index (χ0n) is 11.9. The molecular formula is C17H15NO3. The van der Waals surface area contributed by atoms with E-state index in [0.29, 0.717) is 23.5 Å². The van der Waals surface area contributed by atoms with E-state index in [1.807, 2.05) is 24.3 Å². The lowest BCUT2D eigenvalue weighted by molar-refractivity contribution is 0.104. The van der Waals surface area contributed by atoms with Crippen LogP contribution in [0.25, 0.3) is 6.08 Å². The van der Waals surface area contributed by atoms with Crippen molar-refractivity contribution in [2.75, 3.05) is 14.2 Å². The predicted octanol–water partition coefficient (Wildman–Crippen LogP) is 2.92. The van der Waals surface area contributed by atoms with Crippen LogP contribution >= 0.6 is 0 Å². The Morgan fingerprint density at radius 3 is 2.62 bits per heavy atom. The standard InChI is InChI=1S/C17H15NO3/c1-20-15-8-12-7-13(6-11-4-3-5-18-10-11)17(19)14(12)9-16(15)21-2/h3-6,8-10H,7H2,1-2H3/b13-6+. The van der Waals surface area contributed by atoms with Gasteiger partial charge >= 0.3 is 0 Å². The van der Waals surface area contributed by atoms with E-state index in [0.717, 1.165) is 16.7 Å². The summed E-state index contributed by atoms with van der Waals surface area (Å²) >= 11 is 0. The highest BCUT2D eigenvalue weighted by Crippen LogP contribution is 2.36. The van der Waals surface area contributed by atoms with Crippen LogP contribution in [0.4, 0.5) is 0 Å². The number of pyridine rings is 1. The van der Waals surface area contributed by atoms with Crippen molar-refractivity contribution in [1.82, 2.24) is 4.98 Å². The second kappa shape index (κ2) is 5.40. The first-order chi connectivity index (χ1) is 10.2. The number of ether oxygens (including phenoxy) is 2. The Hall–Kier alpha value is -2.62. The van der Waals surface area contributed by atoms with Crippen LogP contribution in [0.1, 0.15) is 21.5 Å². The normalized spacial score (nSPS) is 15.1. The topological polar surface area (TPSA) is 48.4 Å². The molecule has 0 spiro atoms. The van der Waals surface area contributed by atoms with Gasteiger partial charge in [0.1, 0.15) is 0 Å². The number of rotatable bonds is 3. The van der Waals surface area contributed by atoms with Crippen LogP contribution in [0.2, 0.25) is 0 Å². The number of carbonyl (C=O) groups is 1. The van der Waals surface area contributed by atoms with Crippen molar-refractivity contribution < 1.29 is 14.3 Å². The summed E-state index contributed by atoms with van der Waals surface area (Å²) in [5.41, 5.74) is 3.33. The minimum absolute atomic E-state index is 0.0369. The maximum Gasteiger partial charge on any atom is 0.189 e. The van der Waals surface area contributed by atoms with Gasteiger partial charge in [0.2, 0.25) is 0 Å². The van der Waals surface area contributed by atoms with Gasteiger partial charge in [-0.2, -0.15) is 0 Å². The van der Waals surface area contributed by atoms with Gasteiger partial charge in [-0.05, 0) is 35.4 Å². The summed E-state index contributed by atoms with van der Waals surface area (Å²) < 4.78 is 10.5. The van der Waals surface area contributed by atoms with Crippen molar-refractivity contribution in [2.45, 2.75) is 6.42 Å². The number of nitrogens with zero attached hydrogens (tertiary/aromatic N) is 1. The van der Waals surface area contributed by atoms with Gasteiger partial charge in [-0.15, -0.1) is 0 Å². The van der Waals surface area contributed by atoms with Gasteiger partial charge < -0.3 is 9.47 Å². The SMILES string of the molecule is COc1cc2c(cc1OC)C(=O)/C(=C/c1cccnc1)C2. The third-order valence-corrected chi connectivity index (χ3v) is 3.55. The van der Waals surface area contributed by atoms with Crippen molar-refractivity contribution in [3.63, 3.8) is 0 Å². The lowest BCUT2D eigenvalue weighted by atomic mass is 10.1. The van der Waals surface area contributed by atoms with Crippen LogP contribution in [0.3, 0.4) is 0 Å². The summed E-state index contributed by atoms with van der Waals surface area (Å²) in [7, 11) is 3.16. The molecule has 3 rings (SSSR count). The van der Waals surface area contributed by atoms with Gasteiger partial charge in [0.15, 0.2) is 17.3 Å². The summed E-state index contributed by atoms with van der Waals surface area (Å²) in [6.45, 7) is 0. The molecule has 21 heavy (non-hydrogen) atoms. The molecule has 0 aliphatic heterocycles. The van der Waals surface area contributed by atoms with Crippen LogP contribution in [-0.2, 0) is 6.42 Å². The number of aromatic nitrogens is 1. The van der Waals surface area contributed by atoms with Gasteiger partial charge in [-0.3, -0.25) is 9.78 Å². The molecule has 4 nitrogen and oxygen atoms in total. The van der Waals surface area contributed by atoms with E-state index in [1.54, 1.807) is 32.7 Å². The van der Waals surface area contributed by atoms with E-state index in [2.05, 4.69) is 4.98 Å². The maximum atomic E-state index is 12.5. The summed E-state index contributed by atoms with van der Waals surface area (Å²) in [6.07, 6.45) is 5.94. The summed E-state index contributed by atoms with van der Waals surface area (Å²) in [5, 5.41) is 0. The Morgan fingerprint density at radius 1 is 1.19 bits per heavy atom. The first kappa shape index (κ1) is 13.4. The Bertz CT molecular complexity index is 720. The zero-order chi connectivity index (χ0) is 14.8. The lowest BCUT2D eigenvalue weighted by Gasteiger charge is -2.08. The van der Waals surface area contributed by atoms with Crippen molar-refractivity contribution >= 4 is 11.9 Å². The fraction of sp³-hybridized carbons (Fsp3) is 0.176. The van der Waals surface area contributed by atoms with Gasteiger partial charge in [0, 0.05) is 30.0 Å². The first-order valence-electron chi connectivity index (χ1n) is 6.63. The Morgan fingerprint density at radius 2 is 1.95 bits per heavy atom. The fourth-order valence-electron chi connectivity index (χ4n) is 2.52. The second-order valence-electron chi connectivity index (χ2n) is 4.83. The number of allylic oxidation sites excluding steroid dienone is 1. The van der Waals surface area contributed by atoms with Crippen LogP contribution in [0.5, 0.6) is 11.5 Å². The molecule has 106 valence electrons. The summed E-state index contributed by atoms with van der Waals surface area (Å²) in [5.74, 6) is 1.26. The van der Waals surface area contributed by atoms with Gasteiger partial charge in [0.25, 0.3) is 0 Å². The Kier molecular flexibility index (Phi) is 3.44. The van der Waals surface area contributed by atoms with Crippen LogP contribution in [0, 0.1) is 0 Å². The molecule has 2 aromatic rings. The molecule has 0 saturated carbocycles. The smallest absolute Gasteiger partial charge is 0.189 e. The molecule has 0 atom stereocenters. The van der Waals surface area contributed by atoms with Crippen LogP contribution in [0.15, 0.2) is 42.2 Å². The Balaban J connectivity index is 2.01. The van der Waals surface area contributed by atoms with Crippen molar-refractivity contribution in [2.24, 2.45) is 0 Å². The number of carbonyl (C=O) groups excluding carboxylic acids is 1. The lowest BCUT2D eigenvalue weighted by Crippen LogP contribution is -1.97. The number of Topliss-reactive ketones (excluding diaryl/α,β-unsaturated/α-hetero) is 1. The molecule has 1 aromatic heterocycles. The highest BCUT2D eigenvalue weighted by molar-refractivity contribution is 6.15. The van der Waals surface area contributed by atoms with E-state index in [-0.39, 0.29) is 5.78 Å². The second-order valence-corrected chi connectivity index (χ2v) is 4.83. The Labute approximate surface area is 123 Å². The average molecular weight is 281 g/mol. The average Bonchev–Trinajstić information content (AvgIpc) is 2.82. The van der Waals surface area contributed by atoms with E-state index in [4.69, 9.17) is 9.47 Å². The third-order valence-electron chi connectivity index (χ3n) is 3.55. The van der Waals surface area contributed by atoms with E-state index >= 15 is 0 Å². The monoisotopic (exact) mass is 281 g/mol. The molecule has 1 aromatic carbocycles. The summed E-state index contributed by atoms with van der Waals surface area (Å²) in [4.78, 5) is 16.5. The number of fused-ring (bicyclic) bond motifs is 1. The molecule has 0 fully saturated rings. The molecule has 0 amide bonds. The molecule has 1 aliphatic rings. The van der Waals surface area contributed by atoms with Gasteiger partial charge in [0.05, 0.1) is 14.2 Å². The molecule has 0 N–H and O–H groups in total. The highest BCUT2D eigenvalue weighted by Gasteiger charge is 2.27. The molecule has 1 heterocycles. The fourth-order valence-corrected chi connectivity index (χ4v) is 2.52. The number of methoxy groups -OCH3 is 2. The minimum Gasteiger partial charge on any atom is -0.493 e. The third kappa shape index (κ3) is 2.40. The molecule has 0 unspecified atom stereocenters. The highest BCUT2D eigenvalue weighted by atomic mass is 16.5. The van der Waals surface area contributed by atoms with E-state index < -0.39 is 0 Å². The van der Waals surface area contributed by atoms with Gasteiger partial charge in [-0.25, -0.2) is 0 Å². The number of ketones is 1. The zero-order valence-corrected chi connectivity index (χ0v) is 11.9. The van der Waals surface area contributed by atoms with E-state index in [1.165, 1.54) is 0 Å². The largest absolute Gasteiger partial charge is 0.493 e. The van der Waals surface area contributed by atoms with Crippen LogP contribution < -0.4 is 9.47 Å². The number of hydrogen-bond donors (Lipinski definition) is 0. The molecule has 4 heteroatoms. The number of hydrogen-bond acceptors (Lipinski definition) is 4. The molecule has 0 radical (unpaired) electrons. The molecule has 0 saturated heterocycles. The summed E-state index contributed by atoms with van der Waals surface area (Å²) in [6, 6.07) is 7.40. The van der Waals surface area contributed by atoms with Crippen molar-refractivity contribution in [3.8, 4) is 11.5 Å². The predicted molar refractivity (Wildman–Crippen MR) is 79.8 cm³/mol. The molecular weight excluding hydrogens is 266 g/mol. The van der Waals surface area contributed by atoms with Crippen molar-refractivity contribution in [3.05, 3.63) is 58.9 Å². The van der Waals surface area contributed by atoms with Crippen molar-refractivity contribution in [1.29, 1.82) is 0 Å². The minimum atomic E-state index is 0.0369. The number of benzene rings is 1. The van der Waals surface area contributed by atoms with E-state index in [9.17, 15) is 4.79 Å². The molecule has 1 aliphatic carbocycles. The first-order valence-corrected chi connectivity index (χ1v) is 6.63. The van der Waals surface area contributed by atoms with Gasteiger partial charge in [-0.1, -0.05) is 6.07 Å². The molecule has 0 bridgehead atoms. The quantitative estimate of drug-likeness (QED) is 0.812.